The summed E-state index contributed by atoms with van der Waals surface area (Å²) in [5.74, 6) is -0.600. The third kappa shape index (κ3) is 4.54. The first kappa shape index (κ1) is 15.5. The molecule has 0 saturated carbocycles. The molecule has 0 aromatic heterocycles. The molecule has 6 nitrogen and oxygen atoms in total. The highest BCUT2D eigenvalue weighted by Crippen LogP contribution is 2.20. The molecular weight excluding hydrogens is 270 g/mol. The van der Waals surface area contributed by atoms with E-state index in [2.05, 4.69) is 5.32 Å². The molecule has 6 heteroatoms. The largest absolute Gasteiger partial charge is 0.390 e. The monoisotopic (exact) mass is 291 g/mol. The Labute approximate surface area is 123 Å². The van der Waals surface area contributed by atoms with Gasteiger partial charge < -0.3 is 16.2 Å². The number of carbonyl (C=O) groups is 2. The standard InChI is InChI=1S/C15H21N3O3/c1-15(21)6-8-18(9-7-15)10-13(19)17-12-4-2-11(3-5-12)14(16)20/h2-5,21H,6-10H2,1H3,(H2,16,20)(H,17,19). The van der Waals surface area contributed by atoms with E-state index in [0.29, 0.717) is 43.7 Å². The Morgan fingerprint density at radius 2 is 1.86 bits per heavy atom. The third-order valence-electron chi connectivity index (χ3n) is 3.75. The van der Waals surface area contributed by atoms with E-state index in [1.165, 1.54) is 0 Å². The fourth-order valence-electron chi connectivity index (χ4n) is 2.31. The molecule has 1 heterocycles. The number of nitrogens with one attached hydrogen (secondary N) is 1. The van der Waals surface area contributed by atoms with Crippen molar-refractivity contribution in [3.05, 3.63) is 29.8 Å². The maximum atomic E-state index is 12.0. The van der Waals surface area contributed by atoms with Gasteiger partial charge >= 0.3 is 0 Å². The highest BCUT2D eigenvalue weighted by atomic mass is 16.3. The van der Waals surface area contributed by atoms with Crippen LogP contribution in [0.3, 0.4) is 0 Å². The van der Waals surface area contributed by atoms with Gasteiger partial charge in [-0.25, -0.2) is 0 Å². The van der Waals surface area contributed by atoms with E-state index in [4.69, 9.17) is 5.73 Å². The smallest absolute Gasteiger partial charge is 0.248 e. The Hall–Kier alpha value is -1.92. The Kier molecular flexibility index (Phi) is 4.59. The van der Waals surface area contributed by atoms with Crippen LogP contribution in [-0.2, 0) is 4.79 Å². The fourth-order valence-corrected chi connectivity index (χ4v) is 2.31. The summed E-state index contributed by atoms with van der Waals surface area (Å²) in [4.78, 5) is 24.9. The van der Waals surface area contributed by atoms with Gasteiger partial charge in [0.2, 0.25) is 11.8 Å². The molecule has 1 fully saturated rings. The van der Waals surface area contributed by atoms with Crippen molar-refractivity contribution in [3.63, 3.8) is 0 Å². The number of hydrogen-bond acceptors (Lipinski definition) is 4. The minimum absolute atomic E-state index is 0.108. The molecule has 2 rings (SSSR count). The second-order valence-corrected chi connectivity index (χ2v) is 5.76. The summed E-state index contributed by atoms with van der Waals surface area (Å²) >= 11 is 0. The molecule has 2 amide bonds. The van der Waals surface area contributed by atoms with Crippen molar-refractivity contribution in [3.8, 4) is 0 Å². The number of carbonyl (C=O) groups excluding carboxylic acids is 2. The van der Waals surface area contributed by atoms with Crippen molar-refractivity contribution in [2.75, 3.05) is 25.0 Å². The lowest BCUT2D eigenvalue weighted by Crippen LogP contribution is -2.45. The number of amides is 2. The quantitative estimate of drug-likeness (QED) is 0.755. The summed E-state index contributed by atoms with van der Waals surface area (Å²) in [6, 6.07) is 6.46. The van der Waals surface area contributed by atoms with Gasteiger partial charge in [-0.3, -0.25) is 14.5 Å². The van der Waals surface area contributed by atoms with Crippen LogP contribution in [-0.4, -0.2) is 47.1 Å². The van der Waals surface area contributed by atoms with Crippen LogP contribution in [0.25, 0.3) is 0 Å². The number of hydrogen-bond donors (Lipinski definition) is 3. The summed E-state index contributed by atoms with van der Waals surface area (Å²) in [5, 5.41) is 12.6. The van der Waals surface area contributed by atoms with E-state index >= 15 is 0 Å². The molecule has 1 aliphatic heterocycles. The first-order chi connectivity index (χ1) is 9.85. The third-order valence-corrected chi connectivity index (χ3v) is 3.75. The van der Waals surface area contributed by atoms with Crippen molar-refractivity contribution in [2.45, 2.75) is 25.4 Å². The van der Waals surface area contributed by atoms with E-state index < -0.39 is 11.5 Å². The summed E-state index contributed by atoms with van der Waals surface area (Å²) in [6.45, 7) is 3.54. The lowest BCUT2D eigenvalue weighted by atomic mass is 9.94. The van der Waals surface area contributed by atoms with Crippen LogP contribution in [0.15, 0.2) is 24.3 Å². The Morgan fingerprint density at radius 3 is 2.38 bits per heavy atom. The van der Waals surface area contributed by atoms with Gasteiger partial charge in [0.15, 0.2) is 0 Å². The summed E-state index contributed by atoms with van der Waals surface area (Å²) in [5.41, 5.74) is 5.59. The highest BCUT2D eigenvalue weighted by molar-refractivity contribution is 5.95. The van der Waals surface area contributed by atoms with Crippen LogP contribution in [0.2, 0.25) is 0 Å². The molecule has 1 aliphatic rings. The molecule has 0 unspecified atom stereocenters. The normalized spacial score (nSPS) is 18.2. The first-order valence-electron chi connectivity index (χ1n) is 7.00. The van der Waals surface area contributed by atoms with Crippen molar-refractivity contribution in [1.82, 2.24) is 4.90 Å². The number of likely N-dealkylation sites (tertiary alicyclic amines) is 1. The van der Waals surface area contributed by atoms with Gasteiger partial charge in [-0.05, 0) is 44.0 Å². The molecule has 0 atom stereocenters. The summed E-state index contributed by atoms with van der Waals surface area (Å²) in [6.07, 6.45) is 1.35. The lowest BCUT2D eigenvalue weighted by Gasteiger charge is -2.35. The van der Waals surface area contributed by atoms with Gasteiger partial charge in [0, 0.05) is 24.3 Å². The van der Waals surface area contributed by atoms with Gasteiger partial charge in [-0.15, -0.1) is 0 Å². The predicted molar refractivity (Wildman–Crippen MR) is 79.9 cm³/mol. The Bertz CT molecular complexity index is 515. The Balaban J connectivity index is 1.83. The number of primary amides is 1. The molecular formula is C15H21N3O3. The summed E-state index contributed by atoms with van der Waals surface area (Å²) in [7, 11) is 0. The zero-order valence-electron chi connectivity index (χ0n) is 12.1. The molecule has 1 saturated heterocycles. The molecule has 0 bridgehead atoms. The Morgan fingerprint density at radius 1 is 1.29 bits per heavy atom. The summed E-state index contributed by atoms with van der Waals surface area (Å²) < 4.78 is 0. The number of nitrogens with two attached hydrogens (primary N) is 1. The van der Waals surface area contributed by atoms with Crippen molar-refractivity contribution in [2.24, 2.45) is 5.73 Å². The fraction of sp³-hybridized carbons (Fsp3) is 0.467. The minimum atomic E-state index is -0.614. The van der Waals surface area contributed by atoms with Gasteiger partial charge in [-0.1, -0.05) is 0 Å². The number of benzene rings is 1. The average molecular weight is 291 g/mol. The number of piperidine rings is 1. The molecule has 0 radical (unpaired) electrons. The van der Waals surface area contributed by atoms with Crippen molar-refractivity contribution >= 4 is 17.5 Å². The topological polar surface area (TPSA) is 95.7 Å². The molecule has 114 valence electrons. The highest BCUT2D eigenvalue weighted by Gasteiger charge is 2.27. The number of rotatable bonds is 4. The van der Waals surface area contributed by atoms with Crippen LogP contribution in [0.4, 0.5) is 5.69 Å². The van der Waals surface area contributed by atoms with Gasteiger partial charge in [0.1, 0.15) is 0 Å². The number of aliphatic hydroxyl groups is 1. The van der Waals surface area contributed by atoms with E-state index in [1.807, 2.05) is 11.8 Å². The van der Waals surface area contributed by atoms with Crippen LogP contribution >= 0.6 is 0 Å². The minimum Gasteiger partial charge on any atom is -0.390 e. The zero-order chi connectivity index (χ0) is 15.5. The molecule has 0 spiro atoms. The molecule has 1 aromatic rings. The maximum absolute atomic E-state index is 12.0. The number of nitrogens with zero attached hydrogens (tertiary/aromatic N) is 1. The second-order valence-electron chi connectivity index (χ2n) is 5.76. The van der Waals surface area contributed by atoms with E-state index in [0.717, 1.165) is 0 Å². The van der Waals surface area contributed by atoms with Crippen LogP contribution in [0.1, 0.15) is 30.1 Å². The van der Waals surface area contributed by atoms with Crippen LogP contribution in [0.5, 0.6) is 0 Å². The van der Waals surface area contributed by atoms with Gasteiger partial charge in [0.05, 0.1) is 12.1 Å². The first-order valence-corrected chi connectivity index (χ1v) is 7.00. The maximum Gasteiger partial charge on any atom is 0.248 e. The molecule has 1 aromatic carbocycles. The molecule has 4 N–H and O–H groups in total. The van der Waals surface area contributed by atoms with Crippen LogP contribution in [0, 0.1) is 0 Å². The lowest BCUT2D eigenvalue weighted by molar-refractivity contribution is -0.118. The second kappa shape index (κ2) is 6.24. The van der Waals surface area contributed by atoms with Gasteiger partial charge in [-0.2, -0.15) is 0 Å². The van der Waals surface area contributed by atoms with Crippen molar-refractivity contribution in [1.29, 1.82) is 0 Å². The predicted octanol–water partition coefficient (Wildman–Crippen LogP) is 0.571. The van der Waals surface area contributed by atoms with Crippen LogP contribution < -0.4 is 11.1 Å². The van der Waals surface area contributed by atoms with Crippen molar-refractivity contribution < 1.29 is 14.7 Å². The molecule has 0 aliphatic carbocycles. The van der Waals surface area contributed by atoms with Gasteiger partial charge in [0.25, 0.3) is 0 Å². The molecule has 21 heavy (non-hydrogen) atoms. The average Bonchev–Trinajstić information content (AvgIpc) is 2.42. The van der Waals surface area contributed by atoms with E-state index in [-0.39, 0.29) is 5.91 Å². The van der Waals surface area contributed by atoms with E-state index in [9.17, 15) is 14.7 Å². The zero-order valence-corrected chi connectivity index (χ0v) is 12.1. The van der Waals surface area contributed by atoms with E-state index in [1.54, 1.807) is 24.3 Å². The number of anilines is 1. The SMILES string of the molecule is CC1(O)CCN(CC(=O)Nc2ccc(C(N)=O)cc2)CC1.